The van der Waals surface area contributed by atoms with Crippen LogP contribution in [0, 0.1) is 0 Å². The second kappa shape index (κ2) is 6.92. The molecule has 2 rings (SSSR count). The first-order chi connectivity index (χ1) is 9.13. The smallest absolute Gasteiger partial charge is 0.119 e. The third-order valence-electron chi connectivity index (χ3n) is 3.57. The van der Waals surface area contributed by atoms with Gasteiger partial charge in [-0.25, -0.2) is 0 Å². The van der Waals surface area contributed by atoms with Gasteiger partial charge in [0.2, 0.25) is 0 Å². The predicted octanol–water partition coefficient (Wildman–Crippen LogP) is 2.47. The van der Waals surface area contributed by atoms with E-state index in [9.17, 15) is 5.11 Å². The summed E-state index contributed by atoms with van der Waals surface area (Å²) in [4.78, 5) is 2.44. The molecule has 1 aromatic rings. The van der Waals surface area contributed by atoms with Crippen LogP contribution in [-0.2, 0) is 6.42 Å². The van der Waals surface area contributed by atoms with Gasteiger partial charge in [-0.3, -0.25) is 0 Å². The van der Waals surface area contributed by atoms with Gasteiger partial charge in [-0.1, -0.05) is 12.1 Å². The van der Waals surface area contributed by atoms with E-state index < -0.39 is 0 Å². The highest BCUT2D eigenvalue weighted by Gasteiger charge is 2.16. The van der Waals surface area contributed by atoms with E-state index in [2.05, 4.69) is 29.2 Å². The fourth-order valence-electron chi connectivity index (χ4n) is 2.44. The van der Waals surface area contributed by atoms with Crippen molar-refractivity contribution in [3.63, 3.8) is 0 Å². The van der Waals surface area contributed by atoms with Gasteiger partial charge in [-0.15, -0.1) is 0 Å². The van der Waals surface area contributed by atoms with E-state index in [1.54, 1.807) is 0 Å². The van der Waals surface area contributed by atoms with Crippen molar-refractivity contribution in [1.82, 2.24) is 4.90 Å². The van der Waals surface area contributed by atoms with E-state index >= 15 is 0 Å². The molecule has 0 saturated carbocycles. The fourth-order valence-corrected chi connectivity index (χ4v) is 2.44. The van der Waals surface area contributed by atoms with Crippen LogP contribution in [0.3, 0.4) is 0 Å². The lowest BCUT2D eigenvalue weighted by atomic mass is 10.1. The standard InChI is InChI=1S/C16H25NO2/c1-13(2)19-16-5-3-14(4-6-16)7-10-17-11-8-15(18)9-12-17/h3-6,13,15,18H,7-12H2,1-2H3. The van der Waals surface area contributed by atoms with E-state index in [0.29, 0.717) is 0 Å². The molecular weight excluding hydrogens is 238 g/mol. The molecule has 1 fully saturated rings. The fraction of sp³-hybridized carbons (Fsp3) is 0.625. The molecule has 3 nitrogen and oxygen atoms in total. The summed E-state index contributed by atoms with van der Waals surface area (Å²) in [6.45, 7) is 7.21. The lowest BCUT2D eigenvalue weighted by Crippen LogP contribution is -2.37. The number of aliphatic hydroxyl groups excluding tert-OH is 1. The van der Waals surface area contributed by atoms with Crippen LogP contribution in [0.2, 0.25) is 0 Å². The van der Waals surface area contributed by atoms with Gasteiger partial charge in [0, 0.05) is 19.6 Å². The Labute approximate surface area is 116 Å². The van der Waals surface area contributed by atoms with E-state index in [0.717, 1.165) is 44.6 Å². The first-order valence-electron chi connectivity index (χ1n) is 7.29. The molecule has 0 unspecified atom stereocenters. The van der Waals surface area contributed by atoms with Gasteiger partial charge in [-0.2, -0.15) is 0 Å². The summed E-state index contributed by atoms with van der Waals surface area (Å²) in [7, 11) is 0. The molecule has 1 heterocycles. The van der Waals surface area contributed by atoms with Gasteiger partial charge in [0.1, 0.15) is 5.75 Å². The van der Waals surface area contributed by atoms with Crippen molar-refractivity contribution in [2.75, 3.05) is 19.6 Å². The van der Waals surface area contributed by atoms with Gasteiger partial charge in [0.15, 0.2) is 0 Å². The molecule has 0 aliphatic carbocycles. The van der Waals surface area contributed by atoms with E-state index in [-0.39, 0.29) is 12.2 Å². The molecule has 1 saturated heterocycles. The van der Waals surface area contributed by atoms with Crippen LogP contribution in [0.1, 0.15) is 32.3 Å². The second-order valence-corrected chi connectivity index (χ2v) is 5.63. The minimum absolute atomic E-state index is 0.0799. The van der Waals surface area contributed by atoms with Gasteiger partial charge < -0.3 is 14.7 Å². The molecule has 1 N–H and O–H groups in total. The van der Waals surface area contributed by atoms with Crippen molar-refractivity contribution in [2.24, 2.45) is 0 Å². The third-order valence-corrected chi connectivity index (χ3v) is 3.57. The first-order valence-corrected chi connectivity index (χ1v) is 7.29. The van der Waals surface area contributed by atoms with Crippen molar-refractivity contribution in [3.05, 3.63) is 29.8 Å². The van der Waals surface area contributed by atoms with Crippen molar-refractivity contribution in [2.45, 2.75) is 45.3 Å². The van der Waals surface area contributed by atoms with Crippen molar-refractivity contribution in [3.8, 4) is 5.75 Å². The van der Waals surface area contributed by atoms with Gasteiger partial charge >= 0.3 is 0 Å². The maximum atomic E-state index is 9.47. The minimum Gasteiger partial charge on any atom is -0.491 e. The van der Waals surface area contributed by atoms with Gasteiger partial charge in [0.05, 0.1) is 12.2 Å². The van der Waals surface area contributed by atoms with E-state index in [1.807, 2.05) is 13.8 Å². The summed E-state index contributed by atoms with van der Waals surface area (Å²) in [5, 5.41) is 9.47. The van der Waals surface area contributed by atoms with Crippen molar-refractivity contribution >= 4 is 0 Å². The van der Waals surface area contributed by atoms with Crippen LogP contribution in [0.15, 0.2) is 24.3 Å². The summed E-state index contributed by atoms with van der Waals surface area (Å²) in [5.74, 6) is 0.944. The third kappa shape index (κ3) is 4.84. The zero-order valence-electron chi connectivity index (χ0n) is 12.0. The molecule has 0 amide bonds. The molecular formula is C16H25NO2. The number of hydrogen-bond acceptors (Lipinski definition) is 3. The molecule has 0 aromatic heterocycles. The molecule has 1 aliphatic heterocycles. The summed E-state index contributed by atoms with van der Waals surface area (Å²) in [6.07, 6.45) is 3.05. The number of hydrogen-bond donors (Lipinski definition) is 1. The Morgan fingerprint density at radius 3 is 2.42 bits per heavy atom. The molecule has 1 aromatic carbocycles. The van der Waals surface area contributed by atoms with Crippen LogP contribution < -0.4 is 4.74 Å². The quantitative estimate of drug-likeness (QED) is 0.886. The number of likely N-dealkylation sites (tertiary alicyclic amines) is 1. The Hall–Kier alpha value is -1.06. The first kappa shape index (κ1) is 14.4. The Balaban J connectivity index is 1.76. The average Bonchev–Trinajstić information content (AvgIpc) is 2.39. The Morgan fingerprint density at radius 1 is 1.21 bits per heavy atom. The normalized spacial score (nSPS) is 17.9. The number of aliphatic hydroxyl groups is 1. The number of benzene rings is 1. The minimum atomic E-state index is -0.0799. The maximum Gasteiger partial charge on any atom is 0.119 e. The van der Waals surface area contributed by atoms with Crippen LogP contribution in [0.5, 0.6) is 5.75 Å². The van der Waals surface area contributed by atoms with Crippen LogP contribution in [0.25, 0.3) is 0 Å². The number of nitrogens with zero attached hydrogens (tertiary/aromatic N) is 1. The zero-order valence-corrected chi connectivity index (χ0v) is 12.0. The highest BCUT2D eigenvalue weighted by atomic mass is 16.5. The summed E-state index contributed by atoms with van der Waals surface area (Å²) in [5.41, 5.74) is 1.35. The number of rotatable bonds is 5. The van der Waals surface area contributed by atoms with Gasteiger partial charge in [-0.05, 0) is 50.8 Å². The molecule has 19 heavy (non-hydrogen) atoms. The molecule has 1 aliphatic rings. The largest absolute Gasteiger partial charge is 0.491 e. The lowest BCUT2D eigenvalue weighted by Gasteiger charge is -2.29. The number of ether oxygens (including phenoxy) is 1. The molecule has 0 radical (unpaired) electrons. The highest BCUT2D eigenvalue weighted by Crippen LogP contribution is 2.15. The molecule has 0 atom stereocenters. The topological polar surface area (TPSA) is 32.7 Å². The van der Waals surface area contributed by atoms with E-state index in [1.165, 1.54) is 5.56 Å². The maximum absolute atomic E-state index is 9.47. The summed E-state index contributed by atoms with van der Waals surface area (Å²) in [6, 6.07) is 8.40. The van der Waals surface area contributed by atoms with Gasteiger partial charge in [0.25, 0.3) is 0 Å². The summed E-state index contributed by atoms with van der Waals surface area (Å²) >= 11 is 0. The number of piperidine rings is 1. The summed E-state index contributed by atoms with van der Waals surface area (Å²) < 4.78 is 5.64. The van der Waals surface area contributed by atoms with Crippen LogP contribution in [0.4, 0.5) is 0 Å². The van der Waals surface area contributed by atoms with Crippen LogP contribution in [-0.4, -0.2) is 41.8 Å². The second-order valence-electron chi connectivity index (χ2n) is 5.63. The Kier molecular flexibility index (Phi) is 5.23. The molecule has 106 valence electrons. The van der Waals surface area contributed by atoms with Crippen molar-refractivity contribution < 1.29 is 9.84 Å². The lowest BCUT2D eigenvalue weighted by molar-refractivity contribution is 0.0832. The monoisotopic (exact) mass is 263 g/mol. The Morgan fingerprint density at radius 2 is 1.84 bits per heavy atom. The molecule has 3 heteroatoms. The van der Waals surface area contributed by atoms with E-state index in [4.69, 9.17) is 4.74 Å². The molecule has 0 bridgehead atoms. The van der Waals surface area contributed by atoms with Crippen LogP contribution >= 0.6 is 0 Å². The Bertz CT molecular complexity index is 367. The predicted molar refractivity (Wildman–Crippen MR) is 77.6 cm³/mol. The SMILES string of the molecule is CC(C)Oc1ccc(CCN2CCC(O)CC2)cc1. The van der Waals surface area contributed by atoms with Crippen molar-refractivity contribution in [1.29, 1.82) is 0 Å². The molecule has 0 spiro atoms. The zero-order chi connectivity index (χ0) is 13.7. The highest BCUT2D eigenvalue weighted by molar-refractivity contribution is 5.27. The average molecular weight is 263 g/mol.